The van der Waals surface area contributed by atoms with Crippen molar-refractivity contribution in [2.75, 3.05) is 11.4 Å². The summed E-state index contributed by atoms with van der Waals surface area (Å²) in [6.07, 6.45) is 4.64. The van der Waals surface area contributed by atoms with Gasteiger partial charge in [-0.25, -0.2) is 0 Å². The molecule has 0 N–H and O–H groups in total. The lowest BCUT2D eigenvalue weighted by Gasteiger charge is -2.35. The number of hydrogen-bond donors (Lipinski definition) is 0. The summed E-state index contributed by atoms with van der Waals surface area (Å²) in [5.74, 6) is 0.735. The molecule has 1 aromatic carbocycles. The molecule has 1 aliphatic heterocycles. The van der Waals surface area contributed by atoms with Gasteiger partial charge in [-0.15, -0.1) is 15.0 Å². The fraction of sp³-hybridized carbons (Fsp3) is 0.500. The fourth-order valence-corrected chi connectivity index (χ4v) is 3.41. The maximum Gasteiger partial charge on any atom is 0.207 e. The minimum atomic E-state index is 0.422. The second-order valence-corrected chi connectivity index (χ2v) is 6.31. The van der Waals surface area contributed by atoms with E-state index in [0.29, 0.717) is 11.7 Å². The van der Waals surface area contributed by atoms with Gasteiger partial charge in [-0.3, -0.25) is 0 Å². The molecule has 3 rings (SSSR count). The fourth-order valence-electron chi connectivity index (χ4n) is 3.41. The molecule has 1 unspecified atom stereocenters. The monoisotopic (exact) mass is 309 g/mol. The molecule has 1 saturated heterocycles. The number of piperidine rings is 1. The maximum atomic E-state index is 9.49. The summed E-state index contributed by atoms with van der Waals surface area (Å²) in [4.78, 5) is 3.89. The molecule has 1 fully saturated rings. The number of hydrogen-bond acceptors (Lipinski definition) is 4. The molecule has 2 heterocycles. The van der Waals surface area contributed by atoms with E-state index in [2.05, 4.69) is 41.1 Å². The predicted molar refractivity (Wildman–Crippen MR) is 90.8 cm³/mol. The molecule has 1 aromatic heterocycles. The van der Waals surface area contributed by atoms with Crippen LogP contribution in [0.25, 0.3) is 5.69 Å². The lowest BCUT2D eigenvalue weighted by molar-refractivity contribution is 0.446. The molecule has 0 bridgehead atoms. The SMILES string of the molecule is CCC1CCCCN1c1nn(-c2ccc(C)cc2C)nc1C#N. The Bertz CT molecular complexity index is 740. The molecule has 1 atom stereocenters. The summed E-state index contributed by atoms with van der Waals surface area (Å²) in [6.45, 7) is 7.27. The normalized spacial score (nSPS) is 18.0. The van der Waals surface area contributed by atoms with Gasteiger partial charge in [0.1, 0.15) is 6.07 Å². The van der Waals surface area contributed by atoms with Crippen LogP contribution in [0.4, 0.5) is 5.82 Å². The highest BCUT2D eigenvalue weighted by Gasteiger charge is 2.27. The van der Waals surface area contributed by atoms with Gasteiger partial charge >= 0.3 is 0 Å². The zero-order valence-corrected chi connectivity index (χ0v) is 14.1. The van der Waals surface area contributed by atoms with Crippen LogP contribution in [0, 0.1) is 25.2 Å². The van der Waals surface area contributed by atoms with Crippen molar-refractivity contribution in [2.45, 2.75) is 52.5 Å². The molecule has 5 nitrogen and oxygen atoms in total. The molecule has 0 spiro atoms. The molecule has 1 aliphatic rings. The Morgan fingerprint density at radius 3 is 2.78 bits per heavy atom. The minimum absolute atomic E-state index is 0.422. The third-order valence-corrected chi connectivity index (χ3v) is 4.64. The van der Waals surface area contributed by atoms with E-state index in [9.17, 15) is 5.26 Å². The van der Waals surface area contributed by atoms with Crippen molar-refractivity contribution < 1.29 is 0 Å². The molecule has 23 heavy (non-hydrogen) atoms. The zero-order chi connectivity index (χ0) is 16.4. The van der Waals surface area contributed by atoms with Gasteiger partial charge in [0.05, 0.1) is 5.69 Å². The van der Waals surface area contributed by atoms with Crippen LogP contribution in [0.3, 0.4) is 0 Å². The minimum Gasteiger partial charge on any atom is -0.350 e. The average molecular weight is 309 g/mol. The quantitative estimate of drug-likeness (QED) is 0.870. The maximum absolute atomic E-state index is 9.49. The smallest absolute Gasteiger partial charge is 0.207 e. The Hall–Kier alpha value is -2.35. The largest absolute Gasteiger partial charge is 0.350 e. The third-order valence-electron chi connectivity index (χ3n) is 4.64. The van der Waals surface area contributed by atoms with Gasteiger partial charge in [-0.2, -0.15) is 5.26 Å². The van der Waals surface area contributed by atoms with E-state index in [0.717, 1.165) is 42.9 Å². The van der Waals surface area contributed by atoms with Crippen molar-refractivity contribution >= 4 is 5.82 Å². The van der Waals surface area contributed by atoms with Gasteiger partial charge in [-0.05, 0) is 51.2 Å². The predicted octanol–water partition coefficient (Wildman–Crippen LogP) is 3.52. The van der Waals surface area contributed by atoms with Gasteiger partial charge in [0.15, 0.2) is 5.82 Å². The summed E-state index contributed by atoms with van der Waals surface area (Å²) < 4.78 is 0. The molecule has 0 saturated carbocycles. The van der Waals surface area contributed by atoms with E-state index in [1.807, 2.05) is 19.1 Å². The first-order valence-electron chi connectivity index (χ1n) is 8.35. The van der Waals surface area contributed by atoms with Gasteiger partial charge in [0, 0.05) is 12.6 Å². The Labute approximate surface area is 137 Å². The molecule has 2 aromatic rings. The molecule has 0 radical (unpaired) electrons. The number of rotatable bonds is 3. The number of benzene rings is 1. The summed E-state index contributed by atoms with van der Waals surface area (Å²) in [7, 11) is 0. The molecule has 120 valence electrons. The Kier molecular flexibility index (Phi) is 4.33. The first kappa shape index (κ1) is 15.5. The Balaban J connectivity index is 2.02. The number of nitriles is 1. The van der Waals surface area contributed by atoms with Crippen LogP contribution in [-0.4, -0.2) is 27.6 Å². The van der Waals surface area contributed by atoms with Crippen LogP contribution < -0.4 is 4.90 Å². The van der Waals surface area contributed by atoms with Crippen molar-refractivity contribution in [3.63, 3.8) is 0 Å². The highest BCUT2D eigenvalue weighted by molar-refractivity contribution is 5.52. The van der Waals surface area contributed by atoms with Crippen LogP contribution >= 0.6 is 0 Å². The topological polar surface area (TPSA) is 57.7 Å². The Morgan fingerprint density at radius 2 is 2.09 bits per heavy atom. The molecule has 0 amide bonds. The van der Waals surface area contributed by atoms with E-state index in [1.165, 1.54) is 12.0 Å². The van der Waals surface area contributed by atoms with Crippen LogP contribution in [0.1, 0.15) is 49.4 Å². The van der Waals surface area contributed by atoms with Crippen LogP contribution in [0.5, 0.6) is 0 Å². The number of aromatic nitrogens is 3. The highest BCUT2D eigenvalue weighted by atomic mass is 15.5. The van der Waals surface area contributed by atoms with Crippen LogP contribution in [-0.2, 0) is 0 Å². The van der Waals surface area contributed by atoms with Crippen LogP contribution in [0.2, 0.25) is 0 Å². The van der Waals surface area contributed by atoms with Crippen molar-refractivity contribution in [3.05, 3.63) is 35.0 Å². The standard InChI is InChI=1S/C18H23N5/c1-4-15-7-5-6-10-22(15)18-16(12-19)20-23(21-18)17-9-8-13(2)11-14(17)3/h8-9,11,15H,4-7,10H2,1-3H3. The number of nitrogens with zero attached hydrogens (tertiary/aromatic N) is 5. The first-order chi connectivity index (χ1) is 11.1. The Morgan fingerprint density at radius 1 is 1.26 bits per heavy atom. The van der Waals surface area contributed by atoms with E-state index < -0.39 is 0 Å². The number of anilines is 1. The summed E-state index contributed by atoms with van der Waals surface area (Å²) in [5.41, 5.74) is 3.68. The lowest BCUT2D eigenvalue weighted by Crippen LogP contribution is -2.39. The van der Waals surface area contributed by atoms with Gasteiger partial charge in [0.2, 0.25) is 5.69 Å². The lowest BCUT2D eigenvalue weighted by atomic mass is 10.00. The van der Waals surface area contributed by atoms with E-state index in [-0.39, 0.29) is 0 Å². The number of aryl methyl sites for hydroxylation is 2. The average Bonchev–Trinajstić information content (AvgIpc) is 2.98. The second kappa shape index (κ2) is 6.41. The van der Waals surface area contributed by atoms with Gasteiger partial charge in [0.25, 0.3) is 0 Å². The zero-order valence-electron chi connectivity index (χ0n) is 14.1. The van der Waals surface area contributed by atoms with Crippen molar-refractivity contribution in [2.24, 2.45) is 0 Å². The van der Waals surface area contributed by atoms with Crippen molar-refractivity contribution in [1.29, 1.82) is 5.26 Å². The summed E-state index contributed by atoms with van der Waals surface area (Å²) in [5, 5.41) is 18.6. The first-order valence-corrected chi connectivity index (χ1v) is 8.35. The highest BCUT2D eigenvalue weighted by Crippen LogP contribution is 2.27. The third kappa shape index (κ3) is 2.94. The summed E-state index contributed by atoms with van der Waals surface area (Å²) in [6, 6.07) is 8.86. The van der Waals surface area contributed by atoms with Crippen molar-refractivity contribution in [3.8, 4) is 11.8 Å². The van der Waals surface area contributed by atoms with E-state index in [4.69, 9.17) is 0 Å². The molecule has 5 heteroatoms. The molecular formula is C18H23N5. The van der Waals surface area contributed by atoms with E-state index >= 15 is 0 Å². The molecule has 0 aliphatic carbocycles. The van der Waals surface area contributed by atoms with Gasteiger partial charge < -0.3 is 4.90 Å². The summed E-state index contributed by atoms with van der Waals surface area (Å²) >= 11 is 0. The molecular weight excluding hydrogens is 286 g/mol. The van der Waals surface area contributed by atoms with Crippen molar-refractivity contribution in [1.82, 2.24) is 15.0 Å². The van der Waals surface area contributed by atoms with E-state index in [1.54, 1.807) is 4.80 Å². The second-order valence-electron chi connectivity index (χ2n) is 6.31. The van der Waals surface area contributed by atoms with Gasteiger partial charge in [-0.1, -0.05) is 24.6 Å². The van der Waals surface area contributed by atoms with Crippen LogP contribution in [0.15, 0.2) is 18.2 Å².